The molecule has 1 rings (SSSR count). The van der Waals surface area contributed by atoms with Crippen molar-refractivity contribution < 1.29 is 29.1 Å². The van der Waals surface area contributed by atoms with Crippen molar-refractivity contribution in [3.05, 3.63) is 48.6 Å². The van der Waals surface area contributed by atoms with E-state index < -0.39 is 11.9 Å². The number of hydrogen-bond acceptors (Lipinski definition) is 6. The zero-order valence-corrected chi connectivity index (χ0v) is 12.4. The minimum Gasteiger partial charge on any atom is -0.294 e. The van der Waals surface area contributed by atoms with Gasteiger partial charge in [0.1, 0.15) is 0 Å². The fourth-order valence-corrected chi connectivity index (χ4v) is 1.53. The smallest absolute Gasteiger partial charge is 0.294 e. The van der Waals surface area contributed by atoms with Crippen LogP contribution in [0.25, 0.3) is 0 Å². The highest BCUT2D eigenvalue weighted by Gasteiger charge is 2.06. The molecule has 1 aromatic carbocycles. The first kappa shape index (κ1) is 17.9. The zero-order chi connectivity index (χ0) is 16.0. The predicted octanol–water partition coefficient (Wildman–Crippen LogP) is 3.00. The Hall–Kier alpha value is -2.18. The lowest BCUT2D eigenvalue weighted by molar-refractivity contribution is -0.267. The molecule has 120 valence electrons. The lowest BCUT2D eigenvalue weighted by Gasteiger charge is -2.04. The molecule has 0 radical (unpaired) electrons. The average Bonchev–Trinajstić information content (AvgIpc) is 2.56. The summed E-state index contributed by atoms with van der Waals surface area (Å²) in [5.41, 5.74) is 0.453. The Morgan fingerprint density at radius 2 is 1.50 bits per heavy atom. The van der Waals surface area contributed by atoms with E-state index in [1.165, 1.54) is 0 Å². The van der Waals surface area contributed by atoms with E-state index in [1.807, 2.05) is 6.07 Å². The molecule has 0 spiro atoms. The third-order valence-corrected chi connectivity index (χ3v) is 2.66. The zero-order valence-electron chi connectivity index (χ0n) is 12.4. The lowest BCUT2D eigenvalue weighted by Crippen LogP contribution is -2.07. The van der Waals surface area contributed by atoms with Crippen LogP contribution in [-0.2, 0) is 24.3 Å². The van der Waals surface area contributed by atoms with Gasteiger partial charge in [-0.15, -0.1) is 0 Å². The molecule has 0 N–H and O–H groups in total. The average molecular weight is 308 g/mol. The van der Waals surface area contributed by atoms with E-state index in [9.17, 15) is 9.59 Å². The number of hydrogen-bond donors (Lipinski definition) is 0. The fourth-order valence-electron chi connectivity index (χ4n) is 1.53. The van der Waals surface area contributed by atoms with Gasteiger partial charge in [0.05, 0.1) is 18.8 Å². The van der Waals surface area contributed by atoms with Crippen LogP contribution in [0.4, 0.5) is 0 Å². The van der Waals surface area contributed by atoms with Crippen LogP contribution in [0.3, 0.4) is 0 Å². The van der Waals surface area contributed by atoms with Gasteiger partial charge in [0.15, 0.2) is 0 Å². The van der Waals surface area contributed by atoms with Gasteiger partial charge < -0.3 is 0 Å². The molecule has 0 heterocycles. The van der Waals surface area contributed by atoms with E-state index in [0.717, 1.165) is 31.8 Å². The maximum absolute atomic E-state index is 11.5. The Labute approximate surface area is 129 Å². The van der Waals surface area contributed by atoms with Crippen LogP contribution in [0, 0.1) is 0 Å². The highest BCUT2D eigenvalue weighted by molar-refractivity contribution is 5.88. The van der Waals surface area contributed by atoms with E-state index in [1.54, 1.807) is 24.3 Å². The summed E-state index contributed by atoms with van der Waals surface area (Å²) < 4.78 is 0. The van der Waals surface area contributed by atoms with Gasteiger partial charge in [-0.1, -0.05) is 37.6 Å². The fraction of sp³-hybridized carbons (Fsp3) is 0.375. The molecule has 6 nitrogen and oxygen atoms in total. The van der Waals surface area contributed by atoms with Crippen LogP contribution in [-0.4, -0.2) is 25.2 Å². The summed E-state index contributed by atoms with van der Waals surface area (Å²) in [6, 6.07) is 8.64. The van der Waals surface area contributed by atoms with Crippen molar-refractivity contribution in [2.75, 3.05) is 13.2 Å². The Kier molecular flexibility index (Phi) is 9.32. The van der Waals surface area contributed by atoms with Crippen LogP contribution in [0.15, 0.2) is 43.0 Å². The van der Waals surface area contributed by atoms with Crippen LogP contribution in [0.1, 0.15) is 36.0 Å². The van der Waals surface area contributed by atoms with Crippen molar-refractivity contribution in [3.63, 3.8) is 0 Å². The van der Waals surface area contributed by atoms with Crippen LogP contribution in [0.5, 0.6) is 0 Å². The normalized spacial score (nSPS) is 10.0. The topological polar surface area (TPSA) is 71.1 Å². The van der Waals surface area contributed by atoms with E-state index in [0.29, 0.717) is 18.8 Å². The first-order valence-electron chi connectivity index (χ1n) is 7.08. The summed E-state index contributed by atoms with van der Waals surface area (Å²) in [6.07, 6.45) is 4.33. The molecule has 0 saturated carbocycles. The summed E-state index contributed by atoms with van der Waals surface area (Å²) >= 11 is 0. The standard InChI is InChI=1S/C16H20O6/c1-2-15(17)21-19-12-8-3-4-9-13-20-22-16(18)14-10-6-5-7-11-14/h2,5-7,10-11H,1,3-4,8-9,12-13H2. The summed E-state index contributed by atoms with van der Waals surface area (Å²) in [5, 5.41) is 0. The Bertz CT molecular complexity index is 457. The third-order valence-electron chi connectivity index (χ3n) is 2.66. The number of carbonyl (C=O) groups excluding carboxylic acids is 2. The molecule has 0 amide bonds. The van der Waals surface area contributed by atoms with Gasteiger partial charge in [-0.25, -0.2) is 9.59 Å². The number of rotatable bonds is 11. The molecule has 1 aromatic rings. The molecule has 6 heteroatoms. The van der Waals surface area contributed by atoms with Gasteiger partial charge in [0, 0.05) is 6.08 Å². The second kappa shape index (κ2) is 11.5. The largest absolute Gasteiger partial charge is 0.373 e. The summed E-state index contributed by atoms with van der Waals surface area (Å²) in [5.74, 6) is -1.10. The van der Waals surface area contributed by atoms with Crippen molar-refractivity contribution in [3.8, 4) is 0 Å². The van der Waals surface area contributed by atoms with E-state index >= 15 is 0 Å². The minimum atomic E-state index is -0.603. The SMILES string of the molecule is C=CC(=O)OOCCCCCCOOC(=O)c1ccccc1. The molecule has 0 unspecified atom stereocenters. The lowest BCUT2D eigenvalue weighted by atomic mass is 10.2. The maximum atomic E-state index is 11.5. The van der Waals surface area contributed by atoms with E-state index in [2.05, 4.69) is 21.2 Å². The molecule has 0 aromatic heterocycles. The van der Waals surface area contributed by atoms with E-state index in [-0.39, 0.29) is 0 Å². The molecule has 0 aliphatic carbocycles. The molecule has 0 saturated heterocycles. The summed E-state index contributed by atoms with van der Waals surface area (Å²) in [6.45, 7) is 3.92. The molecule has 0 bridgehead atoms. The second-order valence-electron chi connectivity index (χ2n) is 4.40. The minimum absolute atomic E-state index is 0.337. The first-order valence-corrected chi connectivity index (χ1v) is 7.08. The summed E-state index contributed by atoms with van der Waals surface area (Å²) in [7, 11) is 0. The molecule has 0 atom stereocenters. The first-order chi connectivity index (χ1) is 10.7. The monoisotopic (exact) mass is 308 g/mol. The molecule has 22 heavy (non-hydrogen) atoms. The Balaban J connectivity index is 1.91. The van der Waals surface area contributed by atoms with Gasteiger partial charge in [0.25, 0.3) is 0 Å². The van der Waals surface area contributed by atoms with Gasteiger partial charge in [-0.05, 0) is 25.0 Å². The number of unbranched alkanes of at least 4 members (excludes halogenated alkanes) is 3. The van der Waals surface area contributed by atoms with Crippen LogP contribution >= 0.6 is 0 Å². The maximum Gasteiger partial charge on any atom is 0.373 e. The van der Waals surface area contributed by atoms with Crippen molar-refractivity contribution in [2.24, 2.45) is 0 Å². The molecular weight excluding hydrogens is 288 g/mol. The predicted molar refractivity (Wildman–Crippen MR) is 78.5 cm³/mol. The molecule has 0 aliphatic heterocycles. The third kappa shape index (κ3) is 8.18. The van der Waals surface area contributed by atoms with Gasteiger partial charge in [-0.3, -0.25) is 9.78 Å². The molecule has 0 fully saturated rings. The molecule has 0 aliphatic rings. The van der Waals surface area contributed by atoms with Crippen molar-refractivity contribution in [2.45, 2.75) is 25.7 Å². The van der Waals surface area contributed by atoms with Crippen molar-refractivity contribution >= 4 is 11.9 Å². The number of benzene rings is 1. The van der Waals surface area contributed by atoms with Gasteiger partial charge in [0.2, 0.25) is 0 Å². The molecular formula is C16H20O6. The van der Waals surface area contributed by atoms with Crippen LogP contribution in [0.2, 0.25) is 0 Å². The highest BCUT2D eigenvalue weighted by atomic mass is 17.2. The van der Waals surface area contributed by atoms with Crippen molar-refractivity contribution in [1.82, 2.24) is 0 Å². The quantitative estimate of drug-likeness (QED) is 0.271. The second-order valence-corrected chi connectivity index (χ2v) is 4.40. The van der Waals surface area contributed by atoms with Gasteiger partial charge in [-0.2, -0.15) is 9.78 Å². The van der Waals surface area contributed by atoms with Crippen LogP contribution < -0.4 is 0 Å². The Morgan fingerprint density at radius 1 is 0.909 bits per heavy atom. The van der Waals surface area contributed by atoms with E-state index in [4.69, 9.17) is 4.89 Å². The van der Waals surface area contributed by atoms with Gasteiger partial charge >= 0.3 is 11.9 Å². The summed E-state index contributed by atoms with van der Waals surface area (Å²) in [4.78, 5) is 40.8. The number of carbonyl (C=O) groups is 2. The van der Waals surface area contributed by atoms with Crippen molar-refractivity contribution in [1.29, 1.82) is 0 Å². The highest BCUT2D eigenvalue weighted by Crippen LogP contribution is 2.04. The Morgan fingerprint density at radius 3 is 2.09 bits per heavy atom.